The summed E-state index contributed by atoms with van der Waals surface area (Å²) >= 11 is 0. The summed E-state index contributed by atoms with van der Waals surface area (Å²) in [6.07, 6.45) is 4.72. The predicted molar refractivity (Wildman–Crippen MR) is 92.6 cm³/mol. The number of amides is 2. The summed E-state index contributed by atoms with van der Waals surface area (Å²) in [6, 6.07) is 11.1. The zero-order valence-electron chi connectivity index (χ0n) is 13.6. The van der Waals surface area contributed by atoms with Crippen molar-refractivity contribution >= 4 is 23.7 Å². The summed E-state index contributed by atoms with van der Waals surface area (Å²) in [7, 11) is 3.90. The van der Waals surface area contributed by atoms with Gasteiger partial charge < -0.3 is 10.2 Å². The maximum Gasteiger partial charge on any atom is 0.329 e. The molecule has 2 N–H and O–H groups in total. The molecule has 0 aliphatic heterocycles. The molecule has 24 heavy (non-hydrogen) atoms. The quantitative estimate of drug-likeness (QED) is 0.486. The molecule has 2 aromatic rings. The molecular formula is C17H19N5O2. The van der Waals surface area contributed by atoms with E-state index in [4.69, 9.17) is 0 Å². The van der Waals surface area contributed by atoms with Gasteiger partial charge in [-0.25, -0.2) is 5.43 Å². The lowest BCUT2D eigenvalue weighted by atomic mass is 10.2. The lowest BCUT2D eigenvalue weighted by molar-refractivity contribution is -0.139. The first kappa shape index (κ1) is 17.1. The Hall–Kier alpha value is -3.22. The lowest BCUT2D eigenvalue weighted by Gasteiger charge is -2.11. The summed E-state index contributed by atoms with van der Waals surface area (Å²) < 4.78 is 0. The molecule has 124 valence electrons. The molecule has 2 amide bonds. The van der Waals surface area contributed by atoms with E-state index < -0.39 is 11.8 Å². The number of carbonyl (C=O) groups is 2. The van der Waals surface area contributed by atoms with Crippen LogP contribution < -0.4 is 15.6 Å². The first-order chi connectivity index (χ1) is 11.6. The van der Waals surface area contributed by atoms with Gasteiger partial charge in [-0.3, -0.25) is 14.6 Å². The first-order valence-corrected chi connectivity index (χ1v) is 7.34. The number of nitrogens with one attached hydrogen (secondary N) is 2. The Morgan fingerprint density at radius 1 is 1.08 bits per heavy atom. The van der Waals surface area contributed by atoms with Crippen molar-refractivity contribution in [2.24, 2.45) is 5.10 Å². The van der Waals surface area contributed by atoms with Gasteiger partial charge in [-0.2, -0.15) is 5.10 Å². The van der Waals surface area contributed by atoms with Gasteiger partial charge in [0.25, 0.3) is 0 Å². The van der Waals surface area contributed by atoms with E-state index in [1.807, 2.05) is 43.3 Å². The van der Waals surface area contributed by atoms with E-state index >= 15 is 0 Å². The Labute approximate surface area is 140 Å². The molecule has 0 bridgehead atoms. The SMILES string of the molecule is CN(C)c1ccc(C=NNC(=O)C(=O)NCc2ccncc2)cc1. The van der Waals surface area contributed by atoms with Gasteiger partial charge in [0, 0.05) is 38.7 Å². The third-order valence-electron chi connectivity index (χ3n) is 3.20. The highest BCUT2D eigenvalue weighted by Crippen LogP contribution is 2.10. The second-order valence-corrected chi connectivity index (χ2v) is 5.22. The van der Waals surface area contributed by atoms with Crippen molar-refractivity contribution in [2.75, 3.05) is 19.0 Å². The number of anilines is 1. The molecule has 1 heterocycles. The maximum atomic E-state index is 11.7. The normalized spacial score (nSPS) is 10.4. The fraction of sp³-hybridized carbons (Fsp3) is 0.176. The van der Waals surface area contributed by atoms with Gasteiger partial charge in [-0.15, -0.1) is 0 Å². The molecule has 0 saturated carbocycles. The topological polar surface area (TPSA) is 86.7 Å². The van der Waals surface area contributed by atoms with E-state index in [1.54, 1.807) is 24.5 Å². The van der Waals surface area contributed by atoms with Crippen LogP contribution in [0.3, 0.4) is 0 Å². The van der Waals surface area contributed by atoms with E-state index in [0.29, 0.717) is 0 Å². The average Bonchev–Trinajstić information content (AvgIpc) is 2.61. The fourth-order valence-electron chi connectivity index (χ4n) is 1.84. The Morgan fingerprint density at radius 3 is 2.38 bits per heavy atom. The van der Waals surface area contributed by atoms with Gasteiger partial charge >= 0.3 is 11.8 Å². The van der Waals surface area contributed by atoms with E-state index in [2.05, 4.69) is 20.8 Å². The van der Waals surface area contributed by atoms with Crippen LogP contribution in [0, 0.1) is 0 Å². The molecule has 0 aliphatic carbocycles. The molecule has 2 rings (SSSR count). The van der Waals surface area contributed by atoms with Crippen LogP contribution >= 0.6 is 0 Å². The van der Waals surface area contributed by atoms with Crippen molar-refractivity contribution < 1.29 is 9.59 Å². The summed E-state index contributed by atoms with van der Waals surface area (Å²) in [5.74, 6) is -1.56. The third kappa shape index (κ3) is 5.20. The second kappa shape index (κ2) is 8.42. The van der Waals surface area contributed by atoms with Crippen LogP contribution in [0.4, 0.5) is 5.69 Å². The number of hydrazone groups is 1. The van der Waals surface area contributed by atoms with Crippen LogP contribution in [-0.4, -0.2) is 37.1 Å². The van der Waals surface area contributed by atoms with Crippen molar-refractivity contribution in [3.8, 4) is 0 Å². The molecule has 0 unspecified atom stereocenters. The fourth-order valence-corrected chi connectivity index (χ4v) is 1.84. The van der Waals surface area contributed by atoms with Crippen LogP contribution in [0.15, 0.2) is 53.9 Å². The van der Waals surface area contributed by atoms with Gasteiger partial charge in [0.1, 0.15) is 0 Å². The van der Waals surface area contributed by atoms with Crippen molar-refractivity contribution in [2.45, 2.75) is 6.54 Å². The molecule has 0 atom stereocenters. The molecule has 1 aromatic carbocycles. The highest BCUT2D eigenvalue weighted by Gasteiger charge is 2.11. The molecule has 0 aliphatic rings. The smallest absolute Gasteiger partial charge is 0.329 e. The monoisotopic (exact) mass is 325 g/mol. The van der Waals surface area contributed by atoms with Crippen molar-refractivity contribution in [3.05, 3.63) is 59.9 Å². The Bertz CT molecular complexity index is 712. The molecule has 0 saturated heterocycles. The Kier molecular flexibility index (Phi) is 6.01. The molecule has 7 nitrogen and oxygen atoms in total. The van der Waals surface area contributed by atoms with Crippen LogP contribution in [0.2, 0.25) is 0 Å². The largest absolute Gasteiger partial charge is 0.378 e. The minimum Gasteiger partial charge on any atom is -0.378 e. The molecule has 0 radical (unpaired) electrons. The number of carbonyl (C=O) groups excluding carboxylic acids is 2. The molecule has 0 fully saturated rings. The van der Waals surface area contributed by atoms with Gasteiger partial charge in [0.05, 0.1) is 6.21 Å². The van der Waals surface area contributed by atoms with Crippen LogP contribution in [0.5, 0.6) is 0 Å². The van der Waals surface area contributed by atoms with Crippen molar-refractivity contribution in [3.63, 3.8) is 0 Å². The van der Waals surface area contributed by atoms with E-state index in [0.717, 1.165) is 16.8 Å². The van der Waals surface area contributed by atoms with Crippen LogP contribution in [-0.2, 0) is 16.1 Å². The molecule has 0 spiro atoms. The number of hydrogen-bond donors (Lipinski definition) is 2. The average molecular weight is 325 g/mol. The maximum absolute atomic E-state index is 11.7. The highest BCUT2D eigenvalue weighted by molar-refractivity contribution is 6.35. The van der Waals surface area contributed by atoms with Crippen molar-refractivity contribution in [1.82, 2.24) is 15.7 Å². The minimum absolute atomic E-state index is 0.254. The number of hydrogen-bond acceptors (Lipinski definition) is 5. The summed E-state index contributed by atoms with van der Waals surface area (Å²) in [4.78, 5) is 29.2. The number of nitrogens with zero attached hydrogens (tertiary/aromatic N) is 3. The zero-order chi connectivity index (χ0) is 17.4. The molecular weight excluding hydrogens is 306 g/mol. The van der Waals surface area contributed by atoms with Crippen LogP contribution in [0.1, 0.15) is 11.1 Å². The number of aromatic nitrogens is 1. The zero-order valence-corrected chi connectivity index (χ0v) is 13.6. The Morgan fingerprint density at radius 2 is 1.75 bits per heavy atom. The molecule has 1 aromatic heterocycles. The predicted octanol–water partition coefficient (Wildman–Crippen LogP) is 0.914. The summed E-state index contributed by atoms with van der Waals surface area (Å²) in [5, 5.41) is 6.29. The van der Waals surface area contributed by atoms with Gasteiger partial charge in [-0.1, -0.05) is 12.1 Å². The number of rotatable bonds is 5. The van der Waals surface area contributed by atoms with E-state index in [1.165, 1.54) is 6.21 Å². The van der Waals surface area contributed by atoms with E-state index in [-0.39, 0.29) is 6.54 Å². The number of benzene rings is 1. The summed E-state index contributed by atoms with van der Waals surface area (Å²) in [5.41, 5.74) is 4.94. The van der Waals surface area contributed by atoms with Crippen molar-refractivity contribution in [1.29, 1.82) is 0 Å². The lowest BCUT2D eigenvalue weighted by Crippen LogP contribution is -2.37. The van der Waals surface area contributed by atoms with Gasteiger partial charge in [0.15, 0.2) is 0 Å². The first-order valence-electron chi connectivity index (χ1n) is 7.34. The second-order valence-electron chi connectivity index (χ2n) is 5.22. The number of pyridine rings is 1. The summed E-state index contributed by atoms with van der Waals surface area (Å²) in [6.45, 7) is 0.254. The molecule has 7 heteroatoms. The minimum atomic E-state index is -0.815. The van der Waals surface area contributed by atoms with Gasteiger partial charge in [-0.05, 0) is 35.4 Å². The standard InChI is InChI=1S/C17H19N5O2/c1-22(2)15-5-3-13(4-6-15)12-20-21-17(24)16(23)19-11-14-7-9-18-10-8-14/h3-10,12H,11H2,1-2H3,(H,19,23)(H,21,24). The highest BCUT2D eigenvalue weighted by atomic mass is 16.2. The van der Waals surface area contributed by atoms with Gasteiger partial charge in [0.2, 0.25) is 0 Å². The van der Waals surface area contributed by atoms with Crippen LogP contribution in [0.25, 0.3) is 0 Å². The van der Waals surface area contributed by atoms with E-state index in [9.17, 15) is 9.59 Å². The Balaban J connectivity index is 1.80. The third-order valence-corrected chi connectivity index (χ3v) is 3.20.